The topological polar surface area (TPSA) is 64.3 Å². The van der Waals surface area contributed by atoms with Crippen molar-refractivity contribution < 1.29 is 9.53 Å². The molecule has 1 amide bonds. The standard InChI is InChI=1S/C16H18N2O2/c1-12-6-2-4-8-14(12)18-16(19)11-20-15-9-5-3-7-13(15)10-17/h2-9H,10-11,17H2,1H3,(H,18,19). The largest absolute Gasteiger partial charge is 0.483 e. The zero-order valence-electron chi connectivity index (χ0n) is 11.4. The van der Waals surface area contributed by atoms with Crippen LogP contribution in [0.4, 0.5) is 5.69 Å². The smallest absolute Gasteiger partial charge is 0.262 e. The third-order valence-corrected chi connectivity index (χ3v) is 2.97. The Balaban J connectivity index is 1.94. The van der Waals surface area contributed by atoms with Gasteiger partial charge in [-0.15, -0.1) is 0 Å². The van der Waals surface area contributed by atoms with Crippen LogP contribution in [0.5, 0.6) is 5.75 Å². The second-order valence-corrected chi connectivity index (χ2v) is 4.46. The van der Waals surface area contributed by atoms with Crippen molar-refractivity contribution >= 4 is 11.6 Å². The molecule has 0 atom stereocenters. The Bertz CT molecular complexity index is 597. The number of carbonyl (C=O) groups is 1. The number of hydrogen-bond acceptors (Lipinski definition) is 3. The van der Waals surface area contributed by atoms with Gasteiger partial charge in [-0.05, 0) is 24.6 Å². The van der Waals surface area contributed by atoms with Crippen molar-refractivity contribution in [2.45, 2.75) is 13.5 Å². The molecule has 0 aromatic heterocycles. The maximum atomic E-state index is 11.9. The lowest BCUT2D eigenvalue weighted by Gasteiger charge is -2.11. The van der Waals surface area contributed by atoms with Crippen molar-refractivity contribution in [3.8, 4) is 5.75 Å². The molecule has 0 unspecified atom stereocenters. The molecule has 2 aromatic carbocycles. The molecule has 2 aromatic rings. The van der Waals surface area contributed by atoms with E-state index in [1.54, 1.807) is 0 Å². The second-order valence-electron chi connectivity index (χ2n) is 4.46. The van der Waals surface area contributed by atoms with Crippen LogP contribution in [-0.2, 0) is 11.3 Å². The van der Waals surface area contributed by atoms with E-state index in [-0.39, 0.29) is 12.5 Å². The van der Waals surface area contributed by atoms with Crippen molar-refractivity contribution in [3.05, 3.63) is 59.7 Å². The molecule has 0 aliphatic carbocycles. The van der Waals surface area contributed by atoms with E-state index in [9.17, 15) is 4.79 Å². The minimum atomic E-state index is -0.189. The quantitative estimate of drug-likeness (QED) is 0.877. The molecule has 0 saturated carbocycles. The van der Waals surface area contributed by atoms with E-state index in [4.69, 9.17) is 10.5 Å². The van der Waals surface area contributed by atoms with Crippen LogP contribution < -0.4 is 15.8 Å². The molecular weight excluding hydrogens is 252 g/mol. The van der Waals surface area contributed by atoms with Gasteiger partial charge in [0.1, 0.15) is 5.75 Å². The number of hydrogen-bond donors (Lipinski definition) is 2. The molecule has 2 rings (SSSR count). The Morgan fingerprint density at radius 3 is 2.60 bits per heavy atom. The van der Waals surface area contributed by atoms with Gasteiger partial charge in [0, 0.05) is 17.8 Å². The summed E-state index contributed by atoms with van der Waals surface area (Å²) in [4.78, 5) is 11.9. The van der Waals surface area contributed by atoms with Gasteiger partial charge in [-0.2, -0.15) is 0 Å². The molecule has 104 valence electrons. The summed E-state index contributed by atoms with van der Waals surface area (Å²) in [5, 5.41) is 2.82. The molecule has 0 heterocycles. The van der Waals surface area contributed by atoms with Crippen LogP contribution in [0.25, 0.3) is 0 Å². The summed E-state index contributed by atoms with van der Waals surface area (Å²) in [7, 11) is 0. The fourth-order valence-corrected chi connectivity index (χ4v) is 1.86. The van der Waals surface area contributed by atoms with Crippen molar-refractivity contribution in [1.29, 1.82) is 0 Å². The maximum Gasteiger partial charge on any atom is 0.262 e. The van der Waals surface area contributed by atoms with E-state index < -0.39 is 0 Å². The number of nitrogens with two attached hydrogens (primary N) is 1. The van der Waals surface area contributed by atoms with Crippen LogP contribution in [0.15, 0.2) is 48.5 Å². The van der Waals surface area contributed by atoms with Crippen molar-refractivity contribution in [2.75, 3.05) is 11.9 Å². The van der Waals surface area contributed by atoms with Gasteiger partial charge in [0.05, 0.1) is 0 Å². The van der Waals surface area contributed by atoms with Crippen LogP contribution in [0.2, 0.25) is 0 Å². The summed E-state index contributed by atoms with van der Waals surface area (Å²) in [5.74, 6) is 0.459. The Hall–Kier alpha value is -2.33. The number of nitrogens with one attached hydrogen (secondary N) is 1. The average molecular weight is 270 g/mol. The number of rotatable bonds is 5. The van der Waals surface area contributed by atoms with Crippen LogP contribution in [-0.4, -0.2) is 12.5 Å². The van der Waals surface area contributed by atoms with E-state index in [2.05, 4.69) is 5.32 Å². The number of para-hydroxylation sites is 2. The maximum absolute atomic E-state index is 11.9. The number of carbonyl (C=O) groups excluding carboxylic acids is 1. The van der Waals surface area contributed by atoms with E-state index in [0.717, 1.165) is 16.8 Å². The molecule has 20 heavy (non-hydrogen) atoms. The van der Waals surface area contributed by atoms with Gasteiger partial charge >= 0.3 is 0 Å². The van der Waals surface area contributed by atoms with Crippen molar-refractivity contribution in [1.82, 2.24) is 0 Å². The zero-order valence-corrected chi connectivity index (χ0v) is 11.4. The summed E-state index contributed by atoms with van der Waals surface area (Å²) in [5.41, 5.74) is 8.32. The summed E-state index contributed by atoms with van der Waals surface area (Å²) >= 11 is 0. The minimum Gasteiger partial charge on any atom is -0.483 e. The van der Waals surface area contributed by atoms with Crippen LogP contribution >= 0.6 is 0 Å². The summed E-state index contributed by atoms with van der Waals surface area (Å²) in [6.45, 7) is 2.29. The highest BCUT2D eigenvalue weighted by molar-refractivity contribution is 5.92. The highest BCUT2D eigenvalue weighted by Gasteiger charge is 2.07. The molecule has 4 heteroatoms. The monoisotopic (exact) mass is 270 g/mol. The fraction of sp³-hybridized carbons (Fsp3) is 0.188. The molecule has 0 bridgehead atoms. The summed E-state index contributed by atoms with van der Waals surface area (Å²) in [6.07, 6.45) is 0. The van der Waals surface area contributed by atoms with Crippen LogP contribution in [0, 0.1) is 6.92 Å². The Labute approximate surface area is 118 Å². The zero-order chi connectivity index (χ0) is 14.4. The predicted octanol–water partition coefficient (Wildman–Crippen LogP) is 2.47. The van der Waals surface area contributed by atoms with E-state index in [1.165, 1.54) is 0 Å². The van der Waals surface area contributed by atoms with Crippen LogP contribution in [0.1, 0.15) is 11.1 Å². The first-order valence-electron chi connectivity index (χ1n) is 6.47. The molecule has 0 spiro atoms. The van der Waals surface area contributed by atoms with Gasteiger partial charge < -0.3 is 15.8 Å². The molecule has 0 radical (unpaired) electrons. The molecule has 0 fully saturated rings. The van der Waals surface area contributed by atoms with E-state index >= 15 is 0 Å². The summed E-state index contributed by atoms with van der Waals surface area (Å²) in [6, 6.07) is 15.1. The molecule has 4 nitrogen and oxygen atoms in total. The van der Waals surface area contributed by atoms with Gasteiger partial charge in [-0.3, -0.25) is 4.79 Å². The molecule has 3 N–H and O–H groups in total. The molecular formula is C16H18N2O2. The first-order valence-corrected chi connectivity index (χ1v) is 6.47. The van der Waals surface area contributed by atoms with E-state index in [1.807, 2.05) is 55.5 Å². The lowest BCUT2D eigenvalue weighted by molar-refractivity contribution is -0.118. The number of benzene rings is 2. The number of amides is 1. The average Bonchev–Trinajstić information content (AvgIpc) is 2.48. The third-order valence-electron chi connectivity index (χ3n) is 2.97. The van der Waals surface area contributed by atoms with Gasteiger partial charge in [0.15, 0.2) is 6.61 Å². The predicted molar refractivity (Wildman–Crippen MR) is 79.6 cm³/mol. The Morgan fingerprint density at radius 1 is 1.15 bits per heavy atom. The minimum absolute atomic E-state index is 0.0364. The molecule has 0 saturated heterocycles. The van der Waals surface area contributed by atoms with E-state index in [0.29, 0.717) is 12.3 Å². The Kier molecular flexibility index (Phi) is 4.74. The van der Waals surface area contributed by atoms with Crippen LogP contribution in [0.3, 0.4) is 0 Å². The van der Waals surface area contributed by atoms with Gasteiger partial charge in [0.2, 0.25) is 0 Å². The second kappa shape index (κ2) is 6.73. The molecule has 0 aliphatic heterocycles. The number of anilines is 1. The summed E-state index contributed by atoms with van der Waals surface area (Å²) < 4.78 is 5.51. The first kappa shape index (κ1) is 14.1. The van der Waals surface area contributed by atoms with Gasteiger partial charge in [-0.1, -0.05) is 36.4 Å². The van der Waals surface area contributed by atoms with Crippen molar-refractivity contribution in [2.24, 2.45) is 5.73 Å². The fourth-order valence-electron chi connectivity index (χ4n) is 1.86. The highest BCUT2D eigenvalue weighted by Crippen LogP contribution is 2.17. The third kappa shape index (κ3) is 3.59. The Morgan fingerprint density at radius 2 is 1.85 bits per heavy atom. The van der Waals surface area contributed by atoms with Gasteiger partial charge in [0.25, 0.3) is 5.91 Å². The number of ether oxygens (including phenoxy) is 1. The van der Waals surface area contributed by atoms with Crippen molar-refractivity contribution in [3.63, 3.8) is 0 Å². The molecule has 0 aliphatic rings. The highest BCUT2D eigenvalue weighted by atomic mass is 16.5. The normalized spacial score (nSPS) is 10.1. The van der Waals surface area contributed by atoms with Gasteiger partial charge in [-0.25, -0.2) is 0 Å². The lowest BCUT2D eigenvalue weighted by Crippen LogP contribution is -2.21. The SMILES string of the molecule is Cc1ccccc1NC(=O)COc1ccccc1CN. The lowest BCUT2D eigenvalue weighted by atomic mass is 10.2. The first-order chi connectivity index (χ1) is 9.70. The number of aryl methyl sites for hydroxylation is 1.